The molecule has 0 fully saturated rings. The van der Waals surface area contributed by atoms with Crippen LogP contribution in [-0.2, 0) is 0 Å². The number of nitrogens with zero attached hydrogens (tertiary/aromatic N) is 3. The van der Waals surface area contributed by atoms with Crippen LogP contribution in [0.15, 0.2) is 115 Å². The lowest BCUT2D eigenvalue weighted by Crippen LogP contribution is -2.21. The van der Waals surface area contributed by atoms with E-state index >= 15 is 0 Å². The van der Waals surface area contributed by atoms with E-state index < -0.39 is 0 Å². The number of hydrogen-bond donors (Lipinski definition) is 0. The third-order valence-electron chi connectivity index (χ3n) is 6.31. The quantitative estimate of drug-likeness (QED) is 0.242. The smallest absolute Gasteiger partial charge is 0.0934 e. The lowest BCUT2D eigenvalue weighted by atomic mass is 10.1. The van der Waals surface area contributed by atoms with Crippen molar-refractivity contribution in [1.29, 1.82) is 0 Å². The van der Waals surface area contributed by atoms with Crippen LogP contribution in [0.25, 0.3) is 28.2 Å². The zero-order chi connectivity index (χ0) is 24.7. The lowest BCUT2D eigenvalue weighted by Gasteiger charge is -2.21. The van der Waals surface area contributed by atoms with Gasteiger partial charge in [-0.2, -0.15) is 5.10 Å². The Morgan fingerprint density at radius 3 is 1.81 bits per heavy atom. The lowest BCUT2D eigenvalue weighted by molar-refractivity contribution is 0.866. The summed E-state index contributed by atoms with van der Waals surface area (Å²) in [5.41, 5.74) is 8.48. The van der Waals surface area contributed by atoms with Gasteiger partial charge in [0.1, 0.15) is 0 Å². The summed E-state index contributed by atoms with van der Waals surface area (Å²) in [5.74, 6) is 6.48. The first-order valence-electron chi connectivity index (χ1n) is 12.4. The number of anilines is 1. The first-order valence-corrected chi connectivity index (χ1v) is 12.4. The van der Waals surface area contributed by atoms with Gasteiger partial charge in [-0.05, 0) is 68.4 Å². The minimum absolute atomic E-state index is 0.934. The second-order valence-corrected chi connectivity index (χ2v) is 8.57. The van der Waals surface area contributed by atoms with Gasteiger partial charge in [0.15, 0.2) is 0 Å². The predicted molar refractivity (Wildman–Crippen MR) is 150 cm³/mol. The SMILES string of the molecule is CCN(CC)c1ccc(-c2cc(-c3ccc(C#Cc4ccccc4)cc3)nn2-c2ccccc2)cc1. The topological polar surface area (TPSA) is 21.1 Å². The first-order chi connectivity index (χ1) is 17.7. The summed E-state index contributed by atoms with van der Waals surface area (Å²) in [6, 6.07) is 39.6. The van der Waals surface area contributed by atoms with E-state index in [9.17, 15) is 0 Å². The van der Waals surface area contributed by atoms with Crippen LogP contribution in [0.4, 0.5) is 5.69 Å². The van der Waals surface area contributed by atoms with Crippen LogP contribution in [0.1, 0.15) is 25.0 Å². The Labute approximate surface area is 213 Å². The van der Waals surface area contributed by atoms with Gasteiger partial charge in [0.05, 0.1) is 17.1 Å². The molecule has 0 aliphatic heterocycles. The molecule has 4 aromatic carbocycles. The molecule has 0 spiro atoms. The Morgan fingerprint density at radius 2 is 1.19 bits per heavy atom. The standard InChI is InChI=1S/C33H29N3/c1-3-35(4-2)30-23-21-29(22-24-30)33-25-32(34-36(33)31-13-9-6-10-14-31)28-19-17-27(18-20-28)16-15-26-11-7-5-8-12-26/h5-14,17-25H,3-4H2,1-2H3. The maximum absolute atomic E-state index is 5.01. The highest BCUT2D eigenvalue weighted by atomic mass is 15.3. The van der Waals surface area contributed by atoms with Gasteiger partial charge >= 0.3 is 0 Å². The summed E-state index contributed by atoms with van der Waals surface area (Å²) >= 11 is 0. The van der Waals surface area contributed by atoms with E-state index in [2.05, 4.69) is 97.3 Å². The summed E-state index contributed by atoms with van der Waals surface area (Å²) in [7, 11) is 0. The Balaban J connectivity index is 1.49. The molecule has 0 aliphatic carbocycles. The molecule has 1 aromatic heterocycles. The molecule has 0 unspecified atom stereocenters. The van der Waals surface area contributed by atoms with Gasteiger partial charge in [0.2, 0.25) is 0 Å². The average molecular weight is 468 g/mol. The molecular formula is C33H29N3. The van der Waals surface area contributed by atoms with Crippen molar-refractivity contribution in [2.45, 2.75) is 13.8 Å². The van der Waals surface area contributed by atoms with Crippen LogP contribution in [0.3, 0.4) is 0 Å². The molecule has 0 atom stereocenters. The molecule has 5 aromatic rings. The second kappa shape index (κ2) is 10.8. The van der Waals surface area contributed by atoms with Crippen LogP contribution in [0.5, 0.6) is 0 Å². The van der Waals surface area contributed by atoms with E-state index in [1.807, 2.05) is 53.2 Å². The van der Waals surface area contributed by atoms with Crippen LogP contribution in [0, 0.1) is 11.8 Å². The molecule has 176 valence electrons. The Morgan fingerprint density at radius 1 is 0.639 bits per heavy atom. The highest BCUT2D eigenvalue weighted by Gasteiger charge is 2.14. The van der Waals surface area contributed by atoms with Gasteiger partial charge in [-0.3, -0.25) is 0 Å². The highest BCUT2D eigenvalue weighted by molar-refractivity contribution is 5.72. The Kier molecular flexibility index (Phi) is 6.96. The fourth-order valence-corrected chi connectivity index (χ4v) is 4.32. The maximum Gasteiger partial charge on any atom is 0.0934 e. The summed E-state index contributed by atoms with van der Waals surface area (Å²) in [6.45, 7) is 6.36. The molecule has 0 radical (unpaired) electrons. The van der Waals surface area contributed by atoms with Crippen LogP contribution in [0.2, 0.25) is 0 Å². The fraction of sp³-hybridized carbons (Fsp3) is 0.121. The molecule has 0 amide bonds. The van der Waals surface area contributed by atoms with Gasteiger partial charge in [-0.15, -0.1) is 0 Å². The van der Waals surface area contributed by atoms with E-state index in [1.165, 1.54) is 5.69 Å². The Bertz CT molecular complexity index is 1470. The van der Waals surface area contributed by atoms with Crippen molar-refractivity contribution in [1.82, 2.24) is 9.78 Å². The van der Waals surface area contributed by atoms with Crippen LogP contribution >= 0.6 is 0 Å². The number of hydrogen-bond acceptors (Lipinski definition) is 2. The van der Waals surface area contributed by atoms with Gasteiger partial charge in [0.25, 0.3) is 0 Å². The molecule has 0 bridgehead atoms. The van der Waals surface area contributed by atoms with E-state index in [4.69, 9.17) is 5.10 Å². The number of aromatic nitrogens is 2. The molecular weight excluding hydrogens is 438 g/mol. The summed E-state index contributed by atoms with van der Waals surface area (Å²) in [5, 5.41) is 5.01. The molecule has 5 rings (SSSR count). The van der Waals surface area contributed by atoms with Crippen molar-refractivity contribution in [3.05, 3.63) is 126 Å². The number of rotatable bonds is 6. The number of benzene rings is 4. The van der Waals surface area contributed by atoms with Crippen molar-refractivity contribution >= 4 is 5.69 Å². The van der Waals surface area contributed by atoms with Crippen LogP contribution < -0.4 is 4.90 Å². The molecule has 3 heteroatoms. The van der Waals surface area contributed by atoms with E-state index in [0.29, 0.717) is 0 Å². The van der Waals surface area contributed by atoms with E-state index in [-0.39, 0.29) is 0 Å². The average Bonchev–Trinajstić information content (AvgIpc) is 3.40. The van der Waals surface area contributed by atoms with Gasteiger partial charge in [-0.25, -0.2) is 4.68 Å². The summed E-state index contributed by atoms with van der Waals surface area (Å²) < 4.78 is 2.03. The molecule has 0 saturated carbocycles. The molecule has 3 nitrogen and oxygen atoms in total. The van der Waals surface area contributed by atoms with Crippen molar-refractivity contribution in [3.8, 4) is 40.0 Å². The zero-order valence-electron chi connectivity index (χ0n) is 20.7. The summed E-state index contributed by atoms with van der Waals surface area (Å²) in [6.07, 6.45) is 0. The molecule has 0 N–H and O–H groups in total. The van der Waals surface area contributed by atoms with Gasteiger partial charge in [-0.1, -0.05) is 72.5 Å². The van der Waals surface area contributed by atoms with E-state index in [0.717, 1.165) is 52.4 Å². The number of para-hydroxylation sites is 1. The maximum atomic E-state index is 5.01. The predicted octanol–water partition coefficient (Wildman–Crippen LogP) is 7.45. The van der Waals surface area contributed by atoms with Crippen molar-refractivity contribution in [2.75, 3.05) is 18.0 Å². The minimum Gasteiger partial charge on any atom is -0.372 e. The highest BCUT2D eigenvalue weighted by Crippen LogP contribution is 2.30. The zero-order valence-corrected chi connectivity index (χ0v) is 20.7. The molecule has 0 saturated heterocycles. The largest absolute Gasteiger partial charge is 0.372 e. The molecule has 1 heterocycles. The second-order valence-electron chi connectivity index (χ2n) is 8.57. The monoisotopic (exact) mass is 467 g/mol. The fourth-order valence-electron chi connectivity index (χ4n) is 4.32. The third-order valence-corrected chi connectivity index (χ3v) is 6.31. The van der Waals surface area contributed by atoms with Crippen LogP contribution in [-0.4, -0.2) is 22.9 Å². The first kappa shape index (κ1) is 23.2. The Hall–Kier alpha value is -4.55. The van der Waals surface area contributed by atoms with Crippen molar-refractivity contribution in [2.24, 2.45) is 0 Å². The normalized spacial score (nSPS) is 10.5. The minimum atomic E-state index is 0.934. The van der Waals surface area contributed by atoms with Crippen molar-refractivity contribution in [3.63, 3.8) is 0 Å². The van der Waals surface area contributed by atoms with E-state index in [1.54, 1.807) is 0 Å². The summed E-state index contributed by atoms with van der Waals surface area (Å²) in [4.78, 5) is 2.35. The molecule has 0 aliphatic rings. The van der Waals surface area contributed by atoms with Crippen molar-refractivity contribution < 1.29 is 0 Å². The third kappa shape index (κ3) is 5.09. The molecule has 36 heavy (non-hydrogen) atoms. The van der Waals surface area contributed by atoms with Gasteiger partial charge < -0.3 is 4.90 Å². The van der Waals surface area contributed by atoms with Gasteiger partial charge in [0, 0.05) is 41.0 Å².